The number of hydrogen-bond acceptors (Lipinski definition) is 4. The smallest absolute Gasteiger partial charge is 0.250 e. The second-order valence-electron chi connectivity index (χ2n) is 7.55. The monoisotopic (exact) mass is 519 g/mol. The lowest BCUT2D eigenvalue weighted by Gasteiger charge is -2.36. The van der Waals surface area contributed by atoms with E-state index in [-0.39, 0.29) is 29.5 Å². The molecule has 0 radical (unpaired) electrons. The second kappa shape index (κ2) is 14.8. The summed E-state index contributed by atoms with van der Waals surface area (Å²) in [6, 6.07) is 5.72. The lowest BCUT2D eigenvalue weighted by Crippen LogP contribution is -2.48. The Morgan fingerprint density at radius 2 is 1.97 bits per heavy atom. The Labute approximate surface area is 192 Å². The number of aryl methyl sites for hydroxylation is 1. The molecule has 0 spiro atoms. The number of ether oxygens (including phenoxy) is 1. The molecule has 1 unspecified atom stereocenters. The fourth-order valence-corrected chi connectivity index (χ4v) is 3.44. The van der Waals surface area contributed by atoms with Gasteiger partial charge in [0, 0.05) is 51.0 Å². The maximum atomic E-state index is 11.7. The van der Waals surface area contributed by atoms with Gasteiger partial charge in [0.1, 0.15) is 0 Å². The normalized spacial score (nSPS) is 16.3. The van der Waals surface area contributed by atoms with E-state index in [1.165, 1.54) is 0 Å². The molecule has 1 aliphatic heterocycles. The largest absolute Gasteiger partial charge is 0.379 e. The molecule has 8 heteroatoms. The minimum Gasteiger partial charge on any atom is -0.379 e. The van der Waals surface area contributed by atoms with Crippen LogP contribution in [-0.4, -0.2) is 67.4 Å². The van der Waals surface area contributed by atoms with Crippen LogP contribution in [0.15, 0.2) is 34.2 Å². The highest BCUT2D eigenvalue weighted by atomic mass is 127. The van der Waals surface area contributed by atoms with Gasteiger partial charge in [-0.3, -0.25) is 14.7 Å². The van der Waals surface area contributed by atoms with E-state index < -0.39 is 0 Å². The number of hydrogen-bond donors (Lipinski definition) is 2. The number of halogens is 1. The molecule has 1 atom stereocenters. The molecule has 1 aromatic rings. The zero-order valence-electron chi connectivity index (χ0n) is 18.1. The Kier molecular flexibility index (Phi) is 13.2. The first-order valence-electron chi connectivity index (χ1n) is 10.6. The van der Waals surface area contributed by atoms with Gasteiger partial charge in [0.2, 0.25) is 5.56 Å². The van der Waals surface area contributed by atoms with Gasteiger partial charge in [-0.15, -0.1) is 24.0 Å². The van der Waals surface area contributed by atoms with Gasteiger partial charge in [-0.2, -0.15) is 0 Å². The highest BCUT2D eigenvalue weighted by Crippen LogP contribution is 2.13. The molecule has 1 saturated heterocycles. The van der Waals surface area contributed by atoms with E-state index in [4.69, 9.17) is 9.73 Å². The first-order valence-corrected chi connectivity index (χ1v) is 10.6. The van der Waals surface area contributed by atoms with Crippen LogP contribution in [0.3, 0.4) is 0 Å². The topological polar surface area (TPSA) is 70.9 Å². The van der Waals surface area contributed by atoms with E-state index in [1.54, 1.807) is 16.7 Å². The van der Waals surface area contributed by atoms with E-state index in [9.17, 15) is 4.79 Å². The van der Waals surface area contributed by atoms with Gasteiger partial charge in [-0.05, 0) is 31.7 Å². The van der Waals surface area contributed by atoms with Crippen molar-refractivity contribution in [1.29, 1.82) is 0 Å². The number of pyridine rings is 1. The number of nitrogens with zero attached hydrogens (tertiary/aromatic N) is 3. The molecular formula is C21H38IN5O2. The summed E-state index contributed by atoms with van der Waals surface area (Å²) in [7, 11) is 0. The molecule has 0 bridgehead atoms. The summed E-state index contributed by atoms with van der Waals surface area (Å²) in [5.74, 6) is 1.42. The Hall–Kier alpha value is -1.13. The molecule has 0 aromatic carbocycles. The quantitative estimate of drug-likeness (QED) is 0.215. The van der Waals surface area contributed by atoms with Crippen molar-refractivity contribution in [2.45, 2.75) is 46.2 Å². The number of morpholine rings is 1. The average molecular weight is 519 g/mol. The Morgan fingerprint density at radius 3 is 2.62 bits per heavy atom. The Balaban J connectivity index is 0.00000420. The summed E-state index contributed by atoms with van der Waals surface area (Å²) in [6.45, 7) is 13.4. The molecule has 0 saturated carbocycles. The van der Waals surface area contributed by atoms with Crippen LogP contribution in [0.25, 0.3) is 0 Å². The van der Waals surface area contributed by atoms with Crippen molar-refractivity contribution in [2.24, 2.45) is 10.9 Å². The van der Waals surface area contributed by atoms with E-state index in [0.717, 1.165) is 71.3 Å². The molecule has 2 rings (SSSR count). The predicted octanol–water partition coefficient (Wildman–Crippen LogP) is 2.16. The zero-order chi connectivity index (χ0) is 20.2. The predicted molar refractivity (Wildman–Crippen MR) is 130 cm³/mol. The second-order valence-corrected chi connectivity index (χ2v) is 7.55. The van der Waals surface area contributed by atoms with Crippen LogP contribution in [0.1, 0.15) is 33.6 Å². The molecule has 2 N–H and O–H groups in total. The molecule has 1 aromatic heterocycles. The van der Waals surface area contributed by atoms with Crippen molar-refractivity contribution in [1.82, 2.24) is 20.1 Å². The molecule has 166 valence electrons. The van der Waals surface area contributed by atoms with Crippen LogP contribution in [0.4, 0.5) is 0 Å². The van der Waals surface area contributed by atoms with Gasteiger partial charge in [0.25, 0.3) is 0 Å². The number of rotatable bonds is 10. The standard InChI is InChI=1S/C21H37N5O2.HI/c1-4-22-21(23-10-6-8-12-26-11-7-5-9-20(26)27)24-17-19(18(2)3)25-13-15-28-16-14-25;/h5,7,9,11,18-19H,4,6,8,10,12-17H2,1-3H3,(H2,22,23,24);1H. The van der Waals surface area contributed by atoms with Gasteiger partial charge < -0.3 is 19.9 Å². The maximum absolute atomic E-state index is 11.7. The summed E-state index contributed by atoms with van der Waals surface area (Å²) < 4.78 is 7.24. The highest BCUT2D eigenvalue weighted by Gasteiger charge is 2.23. The van der Waals surface area contributed by atoms with Crippen molar-refractivity contribution >= 4 is 29.9 Å². The SMILES string of the molecule is CCNC(=NCC(C(C)C)N1CCOCC1)NCCCCn1ccccc1=O.I. The maximum Gasteiger partial charge on any atom is 0.250 e. The Morgan fingerprint density at radius 1 is 1.21 bits per heavy atom. The molecule has 7 nitrogen and oxygen atoms in total. The number of aliphatic imine (C=N–C) groups is 1. The van der Waals surface area contributed by atoms with E-state index >= 15 is 0 Å². The lowest BCUT2D eigenvalue weighted by molar-refractivity contribution is 0.00867. The van der Waals surface area contributed by atoms with Gasteiger partial charge >= 0.3 is 0 Å². The fraction of sp³-hybridized carbons (Fsp3) is 0.714. The van der Waals surface area contributed by atoms with Crippen molar-refractivity contribution in [3.8, 4) is 0 Å². The zero-order valence-corrected chi connectivity index (χ0v) is 20.4. The lowest BCUT2D eigenvalue weighted by atomic mass is 10.0. The van der Waals surface area contributed by atoms with Crippen molar-refractivity contribution in [3.63, 3.8) is 0 Å². The molecule has 1 fully saturated rings. The minimum absolute atomic E-state index is 0. The highest BCUT2D eigenvalue weighted by molar-refractivity contribution is 14.0. The van der Waals surface area contributed by atoms with Gasteiger partial charge in [0.15, 0.2) is 5.96 Å². The third-order valence-electron chi connectivity index (χ3n) is 5.08. The van der Waals surface area contributed by atoms with Crippen LogP contribution in [-0.2, 0) is 11.3 Å². The molecule has 0 amide bonds. The molecule has 1 aliphatic rings. The van der Waals surface area contributed by atoms with Gasteiger partial charge in [-0.1, -0.05) is 19.9 Å². The van der Waals surface area contributed by atoms with Crippen molar-refractivity contribution < 1.29 is 4.74 Å². The summed E-state index contributed by atoms with van der Waals surface area (Å²) in [5, 5.41) is 6.77. The minimum atomic E-state index is 0. The van der Waals surface area contributed by atoms with E-state index in [0.29, 0.717) is 12.0 Å². The van der Waals surface area contributed by atoms with Crippen LogP contribution < -0.4 is 16.2 Å². The third kappa shape index (κ3) is 9.48. The van der Waals surface area contributed by atoms with E-state index in [1.807, 2.05) is 12.3 Å². The fourth-order valence-electron chi connectivity index (χ4n) is 3.44. The van der Waals surface area contributed by atoms with Crippen LogP contribution >= 0.6 is 24.0 Å². The third-order valence-corrected chi connectivity index (χ3v) is 5.08. The summed E-state index contributed by atoms with van der Waals surface area (Å²) >= 11 is 0. The average Bonchev–Trinajstić information content (AvgIpc) is 2.69. The molecule has 29 heavy (non-hydrogen) atoms. The molecule has 0 aliphatic carbocycles. The van der Waals surface area contributed by atoms with Crippen molar-refractivity contribution in [2.75, 3.05) is 45.9 Å². The molecular weight excluding hydrogens is 481 g/mol. The van der Waals surface area contributed by atoms with Gasteiger partial charge in [0.05, 0.1) is 19.8 Å². The first kappa shape index (κ1) is 25.9. The summed E-state index contributed by atoms with van der Waals surface area (Å²) in [5.41, 5.74) is 0.0631. The summed E-state index contributed by atoms with van der Waals surface area (Å²) in [4.78, 5) is 19.1. The van der Waals surface area contributed by atoms with Gasteiger partial charge in [-0.25, -0.2) is 0 Å². The number of aromatic nitrogens is 1. The number of guanidine groups is 1. The van der Waals surface area contributed by atoms with Crippen LogP contribution in [0.2, 0.25) is 0 Å². The van der Waals surface area contributed by atoms with Crippen molar-refractivity contribution in [3.05, 3.63) is 34.7 Å². The number of unbranched alkanes of at least 4 members (excludes halogenated alkanes) is 1. The summed E-state index contributed by atoms with van der Waals surface area (Å²) in [6.07, 6.45) is 3.79. The van der Waals surface area contributed by atoms with E-state index in [2.05, 4.69) is 36.3 Å². The first-order chi connectivity index (χ1) is 13.6. The Bertz CT molecular complexity index is 644. The van der Waals surface area contributed by atoms with Crippen LogP contribution in [0, 0.1) is 5.92 Å². The number of nitrogens with one attached hydrogen (secondary N) is 2. The van der Waals surface area contributed by atoms with Crippen LogP contribution in [0.5, 0.6) is 0 Å². The molecule has 2 heterocycles.